The molecule has 0 saturated carbocycles. The molecule has 0 aliphatic heterocycles. The lowest BCUT2D eigenvalue weighted by Crippen LogP contribution is -2.22. The Balaban J connectivity index is 1.61. The van der Waals surface area contributed by atoms with Crippen molar-refractivity contribution < 1.29 is 4.79 Å². The van der Waals surface area contributed by atoms with E-state index in [2.05, 4.69) is 41.3 Å². The minimum atomic E-state index is -0.0826. The average molecular weight is 366 g/mol. The van der Waals surface area contributed by atoms with Crippen molar-refractivity contribution in [1.82, 2.24) is 15.2 Å². The normalized spacial score (nSPS) is 10.9. The molecule has 0 aliphatic rings. The van der Waals surface area contributed by atoms with Crippen molar-refractivity contribution in [3.63, 3.8) is 0 Å². The van der Waals surface area contributed by atoms with E-state index in [1.165, 1.54) is 16.9 Å². The van der Waals surface area contributed by atoms with E-state index in [-0.39, 0.29) is 5.91 Å². The van der Waals surface area contributed by atoms with Crippen LogP contribution in [0.3, 0.4) is 0 Å². The number of nitrogens with one attached hydrogen (secondary N) is 1. The van der Waals surface area contributed by atoms with Crippen molar-refractivity contribution in [2.75, 3.05) is 13.6 Å². The largest absolute Gasteiger partial charge is 0.347 e. The fourth-order valence-electron chi connectivity index (χ4n) is 2.62. The molecule has 5 heteroatoms. The van der Waals surface area contributed by atoms with Gasteiger partial charge in [-0.2, -0.15) is 0 Å². The van der Waals surface area contributed by atoms with Crippen molar-refractivity contribution in [2.24, 2.45) is 0 Å². The monoisotopic (exact) mass is 365 g/mol. The molecule has 0 aliphatic carbocycles. The van der Waals surface area contributed by atoms with Crippen LogP contribution in [0, 0.1) is 0 Å². The smallest absolute Gasteiger partial charge is 0.263 e. The highest BCUT2D eigenvalue weighted by molar-refractivity contribution is 7.16. The van der Waals surface area contributed by atoms with E-state index in [0.717, 1.165) is 29.2 Å². The summed E-state index contributed by atoms with van der Waals surface area (Å²) in [5.41, 5.74) is 3.39. The van der Waals surface area contributed by atoms with Gasteiger partial charge < -0.3 is 10.2 Å². The molecule has 0 unspecified atom stereocenters. The van der Waals surface area contributed by atoms with Gasteiger partial charge in [0.15, 0.2) is 0 Å². The molecule has 134 valence electrons. The molecule has 1 aromatic heterocycles. The Labute approximate surface area is 158 Å². The summed E-state index contributed by atoms with van der Waals surface area (Å²) in [6, 6.07) is 18.3. The van der Waals surface area contributed by atoms with Gasteiger partial charge in [-0.05, 0) is 24.7 Å². The van der Waals surface area contributed by atoms with Crippen molar-refractivity contribution in [1.29, 1.82) is 0 Å². The first-order valence-electron chi connectivity index (χ1n) is 8.71. The summed E-state index contributed by atoms with van der Waals surface area (Å²) in [5, 5.41) is 3.85. The van der Waals surface area contributed by atoms with E-state index >= 15 is 0 Å². The van der Waals surface area contributed by atoms with Crippen LogP contribution < -0.4 is 5.32 Å². The minimum Gasteiger partial charge on any atom is -0.347 e. The predicted octanol–water partition coefficient (Wildman–Crippen LogP) is 4.19. The zero-order chi connectivity index (χ0) is 18.4. The molecular weight excluding hydrogens is 342 g/mol. The Morgan fingerprint density at radius 2 is 1.88 bits per heavy atom. The number of nitrogens with zero attached hydrogens (tertiary/aromatic N) is 2. The van der Waals surface area contributed by atoms with E-state index in [4.69, 9.17) is 0 Å². The van der Waals surface area contributed by atoms with Crippen LogP contribution in [0.5, 0.6) is 0 Å². The fourth-order valence-corrected chi connectivity index (χ4v) is 3.46. The van der Waals surface area contributed by atoms with Crippen LogP contribution in [0.25, 0.3) is 10.6 Å². The molecule has 0 spiro atoms. The lowest BCUT2D eigenvalue weighted by atomic mass is 10.1. The Morgan fingerprint density at radius 1 is 1.12 bits per heavy atom. The number of carbonyl (C=O) groups is 1. The maximum atomic E-state index is 12.4. The number of hydrogen-bond donors (Lipinski definition) is 1. The molecule has 0 bridgehead atoms. The second kappa shape index (κ2) is 8.74. The van der Waals surface area contributed by atoms with Crippen LogP contribution >= 0.6 is 11.3 Å². The zero-order valence-corrected chi connectivity index (χ0v) is 15.9. The molecule has 0 fully saturated rings. The highest BCUT2D eigenvalue weighted by Gasteiger charge is 2.11. The summed E-state index contributed by atoms with van der Waals surface area (Å²) in [5.74, 6) is -0.0826. The summed E-state index contributed by atoms with van der Waals surface area (Å²) in [6.45, 7) is 4.58. The summed E-state index contributed by atoms with van der Waals surface area (Å²) < 4.78 is 0. The average Bonchev–Trinajstić information content (AvgIpc) is 3.17. The maximum absolute atomic E-state index is 12.4. The Morgan fingerprint density at radius 3 is 2.65 bits per heavy atom. The SMILES string of the molecule is CCN(C)Cc1cccc(CNC(=O)c2cnc(-c3ccccc3)s2)c1. The lowest BCUT2D eigenvalue weighted by molar-refractivity contribution is 0.0954. The number of hydrogen-bond acceptors (Lipinski definition) is 4. The lowest BCUT2D eigenvalue weighted by Gasteiger charge is -2.14. The highest BCUT2D eigenvalue weighted by atomic mass is 32.1. The summed E-state index contributed by atoms with van der Waals surface area (Å²) in [7, 11) is 2.10. The number of amides is 1. The molecule has 0 saturated heterocycles. The van der Waals surface area contributed by atoms with Gasteiger partial charge in [0.05, 0.1) is 6.20 Å². The molecule has 2 aromatic carbocycles. The quantitative estimate of drug-likeness (QED) is 0.683. The van der Waals surface area contributed by atoms with Gasteiger partial charge in [0.25, 0.3) is 5.91 Å². The van der Waals surface area contributed by atoms with Crippen LogP contribution in [-0.2, 0) is 13.1 Å². The van der Waals surface area contributed by atoms with Gasteiger partial charge in [0, 0.05) is 18.7 Å². The molecular formula is C21H23N3OS. The summed E-state index contributed by atoms with van der Waals surface area (Å²) >= 11 is 1.41. The van der Waals surface area contributed by atoms with Gasteiger partial charge >= 0.3 is 0 Å². The third kappa shape index (κ3) is 4.77. The predicted molar refractivity (Wildman–Crippen MR) is 107 cm³/mol. The van der Waals surface area contributed by atoms with E-state index in [9.17, 15) is 4.79 Å². The molecule has 26 heavy (non-hydrogen) atoms. The van der Waals surface area contributed by atoms with Gasteiger partial charge in [-0.15, -0.1) is 11.3 Å². The molecule has 3 aromatic rings. The second-order valence-electron chi connectivity index (χ2n) is 6.23. The van der Waals surface area contributed by atoms with Crippen molar-refractivity contribution in [3.05, 3.63) is 76.8 Å². The second-order valence-corrected chi connectivity index (χ2v) is 7.26. The number of thiazole rings is 1. The van der Waals surface area contributed by atoms with E-state index < -0.39 is 0 Å². The molecule has 4 nitrogen and oxygen atoms in total. The third-order valence-corrected chi connectivity index (χ3v) is 5.23. The van der Waals surface area contributed by atoms with E-state index in [1.54, 1.807) is 6.20 Å². The van der Waals surface area contributed by atoms with Crippen molar-refractivity contribution in [3.8, 4) is 10.6 Å². The van der Waals surface area contributed by atoms with E-state index in [1.807, 2.05) is 42.5 Å². The molecule has 0 atom stereocenters. The van der Waals surface area contributed by atoms with Gasteiger partial charge in [-0.1, -0.05) is 61.5 Å². The molecule has 1 N–H and O–H groups in total. The Kier molecular flexibility index (Phi) is 6.15. The van der Waals surface area contributed by atoms with Crippen molar-refractivity contribution >= 4 is 17.2 Å². The number of aromatic nitrogens is 1. The van der Waals surface area contributed by atoms with Crippen LogP contribution in [0.4, 0.5) is 0 Å². The van der Waals surface area contributed by atoms with Gasteiger partial charge in [-0.3, -0.25) is 4.79 Å². The Hall–Kier alpha value is -2.50. The maximum Gasteiger partial charge on any atom is 0.263 e. The summed E-state index contributed by atoms with van der Waals surface area (Å²) in [6.07, 6.45) is 1.65. The zero-order valence-electron chi connectivity index (χ0n) is 15.1. The first kappa shape index (κ1) is 18.3. The first-order chi connectivity index (χ1) is 12.7. The van der Waals surface area contributed by atoms with Gasteiger partial charge in [0.2, 0.25) is 0 Å². The van der Waals surface area contributed by atoms with Crippen LogP contribution in [0.1, 0.15) is 27.7 Å². The summed E-state index contributed by atoms with van der Waals surface area (Å²) in [4.78, 5) is 19.7. The number of rotatable bonds is 7. The molecule has 3 rings (SSSR count). The number of benzene rings is 2. The molecule has 0 radical (unpaired) electrons. The minimum absolute atomic E-state index is 0.0826. The highest BCUT2D eigenvalue weighted by Crippen LogP contribution is 2.24. The standard InChI is InChI=1S/C21H23N3OS/c1-3-24(2)15-17-9-7-8-16(12-17)13-22-20(25)19-14-23-21(26-19)18-10-5-4-6-11-18/h4-12,14H,3,13,15H2,1-2H3,(H,22,25). The first-order valence-corrected chi connectivity index (χ1v) is 9.53. The van der Waals surface area contributed by atoms with Gasteiger partial charge in [0.1, 0.15) is 9.88 Å². The van der Waals surface area contributed by atoms with Crippen LogP contribution in [0.15, 0.2) is 60.8 Å². The third-order valence-electron chi connectivity index (χ3n) is 4.19. The van der Waals surface area contributed by atoms with Crippen molar-refractivity contribution in [2.45, 2.75) is 20.0 Å². The Bertz CT molecular complexity index is 860. The van der Waals surface area contributed by atoms with E-state index in [0.29, 0.717) is 11.4 Å². The van der Waals surface area contributed by atoms with Gasteiger partial charge in [-0.25, -0.2) is 4.98 Å². The van der Waals surface area contributed by atoms with Crippen LogP contribution in [0.2, 0.25) is 0 Å². The topological polar surface area (TPSA) is 45.2 Å². The number of carbonyl (C=O) groups excluding carboxylic acids is 1. The van der Waals surface area contributed by atoms with Crippen LogP contribution in [-0.4, -0.2) is 29.4 Å². The fraction of sp³-hybridized carbons (Fsp3) is 0.238. The molecule has 1 amide bonds. The molecule has 1 heterocycles.